The first-order chi connectivity index (χ1) is 11.0. The fraction of sp³-hybridized carbons (Fsp3) is 0.706. The Kier molecular flexibility index (Phi) is 4.53. The van der Waals surface area contributed by atoms with Crippen LogP contribution in [0.1, 0.15) is 51.1 Å². The van der Waals surface area contributed by atoms with Gasteiger partial charge < -0.3 is 9.80 Å². The second-order valence-electron chi connectivity index (χ2n) is 7.40. The number of rotatable bonds is 5. The number of hydrogen-bond donors (Lipinski definition) is 1. The summed E-state index contributed by atoms with van der Waals surface area (Å²) in [5.74, 6) is 1.09. The van der Waals surface area contributed by atoms with Crippen LogP contribution in [0.15, 0.2) is 12.1 Å². The Balaban J connectivity index is 1.57. The average Bonchev–Trinajstić information content (AvgIpc) is 3.25. The Morgan fingerprint density at radius 1 is 1.30 bits per heavy atom. The van der Waals surface area contributed by atoms with E-state index < -0.39 is 0 Å². The quantitative estimate of drug-likeness (QED) is 0.907. The molecule has 3 rings (SSSR count). The van der Waals surface area contributed by atoms with Gasteiger partial charge in [0.25, 0.3) is 0 Å². The zero-order chi connectivity index (χ0) is 16.4. The summed E-state index contributed by atoms with van der Waals surface area (Å²) >= 11 is 0. The van der Waals surface area contributed by atoms with E-state index in [4.69, 9.17) is 0 Å². The second-order valence-corrected chi connectivity index (χ2v) is 7.40. The van der Waals surface area contributed by atoms with Crippen molar-refractivity contribution in [2.45, 2.75) is 51.0 Å². The highest BCUT2D eigenvalue weighted by Gasteiger charge is 2.31. The van der Waals surface area contributed by atoms with Crippen molar-refractivity contribution < 1.29 is 4.79 Å². The van der Waals surface area contributed by atoms with Gasteiger partial charge in [-0.3, -0.25) is 5.32 Å². The van der Waals surface area contributed by atoms with E-state index in [1.165, 1.54) is 25.7 Å². The van der Waals surface area contributed by atoms with E-state index in [-0.39, 0.29) is 11.6 Å². The Bertz CT molecular complexity index is 547. The molecule has 6 heteroatoms. The number of anilines is 1. The summed E-state index contributed by atoms with van der Waals surface area (Å²) in [5, 5.41) is 11.2. The molecular formula is C17H27N5O. The van der Waals surface area contributed by atoms with Gasteiger partial charge in [-0.05, 0) is 64.8 Å². The SMILES string of the molecule is CN(C(=O)Nc1ccc(C2CC2)nn1)C(C)(C)CN1CCCC1. The van der Waals surface area contributed by atoms with Gasteiger partial charge in [0, 0.05) is 19.5 Å². The summed E-state index contributed by atoms with van der Waals surface area (Å²) in [6, 6.07) is 3.68. The summed E-state index contributed by atoms with van der Waals surface area (Å²) in [6.07, 6.45) is 4.92. The van der Waals surface area contributed by atoms with Crippen molar-refractivity contribution in [3.63, 3.8) is 0 Å². The molecule has 1 saturated carbocycles. The molecule has 2 heterocycles. The van der Waals surface area contributed by atoms with Crippen LogP contribution in [0, 0.1) is 0 Å². The van der Waals surface area contributed by atoms with Gasteiger partial charge in [0.05, 0.1) is 11.2 Å². The van der Waals surface area contributed by atoms with Crippen molar-refractivity contribution in [1.82, 2.24) is 20.0 Å². The first-order valence-corrected chi connectivity index (χ1v) is 8.56. The molecule has 2 amide bonds. The number of hydrogen-bond acceptors (Lipinski definition) is 4. The highest BCUT2D eigenvalue weighted by atomic mass is 16.2. The molecule has 2 fully saturated rings. The lowest BCUT2D eigenvalue weighted by Gasteiger charge is -2.38. The number of nitrogens with zero attached hydrogens (tertiary/aromatic N) is 4. The zero-order valence-electron chi connectivity index (χ0n) is 14.4. The molecule has 1 saturated heterocycles. The molecule has 126 valence electrons. The smallest absolute Gasteiger partial charge is 0.321 e. The number of aromatic nitrogens is 2. The lowest BCUT2D eigenvalue weighted by Crippen LogP contribution is -2.53. The molecule has 6 nitrogen and oxygen atoms in total. The van der Waals surface area contributed by atoms with Crippen LogP contribution in [0.5, 0.6) is 0 Å². The van der Waals surface area contributed by atoms with Crippen molar-refractivity contribution in [2.75, 3.05) is 32.0 Å². The van der Waals surface area contributed by atoms with Crippen LogP contribution < -0.4 is 5.32 Å². The number of amides is 2. The van der Waals surface area contributed by atoms with Crippen LogP contribution in [0.3, 0.4) is 0 Å². The Morgan fingerprint density at radius 2 is 2.00 bits per heavy atom. The van der Waals surface area contributed by atoms with Gasteiger partial charge in [0.2, 0.25) is 0 Å². The van der Waals surface area contributed by atoms with Gasteiger partial charge in [-0.25, -0.2) is 4.79 Å². The van der Waals surface area contributed by atoms with E-state index in [2.05, 4.69) is 34.3 Å². The Morgan fingerprint density at radius 3 is 2.57 bits per heavy atom. The van der Waals surface area contributed by atoms with Gasteiger partial charge in [-0.2, -0.15) is 5.10 Å². The molecule has 0 unspecified atom stereocenters. The van der Waals surface area contributed by atoms with Gasteiger partial charge in [0.1, 0.15) is 0 Å². The number of nitrogens with one attached hydrogen (secondary N) is 1. The maximum atomic E-state index is 12.5. The predicted molar refractivity (Wildman–Crippen MR) is 90.5 cm³/mol. The van der Waals surface area contributed by atoms with Crippen LogP contribution in [-0.4, -0.2) is 58.2 Å². The molecule has 1 N–H and O–H groups in total. The molecular weight excluding hydrogens is 290 g/mol. The standard InChI is InChI=1S/C17H27N5O/c1-17(2,12-22-10-4-5-11-22)21(3)16(23)18-15-9-8-14(19-20-15)13-6-7-13/h8-9,13H,4-7,10-12H2,1-3H3,(H,18,20,23). The fourth-order valence-corrected chi connectivity index (χ4v) is 3.07. The van der Waals surface area contributed by atoms with Crippen molar-refractivity contribution in [1.29, 1.82) is 0 Å². The molecule has 2 aliphatic rings. The van der Waals surface area contributed by atoms with E-state index in [1.807, 2.05) is 19.2 Å². The maximum absolute atomic E-state index is 12.5. The van der Waals surface area contributed by atoms with Crippen molar-refractivity contribution in [3.8, 4) is 0 Å². The molecule has 1 aromatic heterocycles. The third kappa shape index (κ3) is 3.99. The molecule has 0 radical (unpaired) electrons. The molecule has 0 bridgehead atoms. The van der Waals surface area contributed by atoms with E-state index in [0.29, 0.717) is 11.7 Å². The molecule has 0 aromatic carbocycles. The van der Waals surface area contributed by atoms with Crippen LogP contribution in [-0.2, 0) is 0 Å². The summed E-state index contributed by atoms with van der Waals surface area (Å²) in [6.45, 7) is 7.36. The molecule has 1 aliphatic carbocycles. The minimum absolute atomic E-state index is 0.136. The van der Waals surface area contributed by atoms with E-state index in [0.717, 1.165) is 25.3 Å². The zero-order valence-corrected chi connectivity index (χ0v) is 14.4. The summed E-state index contributed by atoms with van der Waals surface area (Å²) in [7, 11) is 1.84. The van der Waals surface area contributed by atoms with E-state index >= 15 is 0 Å². The van der Waals surface area contributed by atoms with Gasteiger partial charge >= 0.3 is 6.03 Å². The number of carbonyl (C=O) groups excluding carboxylic acids is 1. The highest BCUT2D eigenvalue weighted by molar-refractivity contribution is 5.88. The number of urea groups is 1. The van der Waals surface area contributed by atoms with Gasteiger partial charge in [0.15, 0.2) is 5.82 Å². The summed E-state index contributed by atoms with van der Waals surface area (Å²) in [5.41, 5.74) is 0.807. The van der Waals surface area contributed by atoms with Crippen LogP contribution in [0.2, 0.25) is 0 Å². The molecule has 0 atom stereocenters. The first-order valence-electron chi connectivity index (χ1n) is 8.56. The third-order valence-corrected chi connectivity index (χ3v) is 4.94. The van der Waals surface area contributed by atoms with Crippen molar-refractivity contribution in [2.24, 2.45) is 0 Å². The van der Waals surface area contributed by atoms with Crippen molar-refractivity contribution >= 4 is 11.8 Å². The minimum atomic E-state index is -0.226. The van der Waals surface area contributed by atoms with E-state index in [9.17, 15) is 4.79 Å². The van der Waals surface area contributed by atoms with Crippen LogP contribution in [0.4, 0.5) is 10.6 Å². The summed E-state index contributed by atoms with van der Waals surface area (Å²) < 4.78 is 0. The second kappa shape index (κ2) is 6.43. The maximum Gasteiger partial charge on any atom is 0.323 e. The van der Waals surface area contributed by atoms with Gasteiger partial charge in [-0.15, -0.1) is 5.10 Å². The Labute approximate surface area is 138 Å². The lowest BCUT2D eigenvalue weighted by atomic mass is 10.0. The number of likely N-dealkylation sites (N-methyl/N-ethyl adjacent to an activating group) is 1. The topological polar surface area (TPSA) is 61.4 Å². The highest BCUT2D eigenvalue weighted by Crippen LogP contribution is 2.38. The molecule has 0 spiro atoms. The average molecular weight is 317 g/mol. The number of likely N-dealkylation sites (tertiary alicyclic amines) is 1. The normalized spacial score (nSPS) is 18.9. The first kappa shape index (κ1) is 16.2. The molecule has 1 aromatic rings. The molecule has 1 aliphatic heterocycles. The van der Waals surface area contributed by atoms with Crippen LogP contribution in [0.25, 0.3) is 0 Å². The monoisotopic (exact) mass is 317 g/mol. The largest absolute Gasteiger partial charge is 0.323 e. The fourth-order valence-electron chi connectivity index (χ4n) is 3.07. The summed E-state index contributed by atoms with van der Waals surface area (Å²) in [4.78, 5) is 16.7. The Hall–Kier alpha value is -1.69. The minimum Gasteiger partial charge on any atom is -0.321 e. The van der Waals surface area contributed by atoms with Crippen molar-refractivity contribution in [3.05, 3.63) is 17.8 Å². The predicted octanol–water partition coefficient (Wildman–Crippen LogP) is 2.69. The third-order valence-electron chi connectivity index (χ3n) is 4.94. The van der Waals surface area contributed by atoms with Crippen LogP contribution >= 0.6 is 0 Å². The van der Waals surface area contributed by atoms with E-state index in [1.54, 1.807) is 4.90 Å². The number of carbonyl (C=O) groups is 1. The van der Waals surface area contributed by atoms with Gasteiger partial charge in [-0.1, -0.05) is 0 Å². The lowest BCUT2D eigenvalue weighted by molar-refractivity contribution is 0.131. The molecule has 23 heavy (non-hydrogen) atoms.